The lowest BCUT2D eigenvalue weighted by Gasteiger charge is -1.95. The highest BCUT2D eigenvalue weighted by Gasteiger charge is 2.03. The average Bonchev–Trinajstić information content (AvgIpc) is 2.18. The number of aldehydes is 1. The van der Waals surface area contributed by atoms with E-state index in [2.05, 4.69) is 0 Å². The van der Waals surface area contributed by atoms with Gasteiger partial charge in [0.05, 0.1) is 12.5 Å². The maximum Gasteiger partial charge on any atom is 0.176 e. The zero-order chi connectivity index (χ0) is 9.68. The number of nitriles is 1. The summed E-state index contributed by atoms with van der Waals surface area (Å²) in [6, 6.07) is 7.97. The third-order valence-corrected chi connectivity index (χ3v) is 1.61. The number of carbonyl (C=O) groups is 2. The van der Waals surface area contributed by atoms with E-state index in [4.69, 9.17) is 5.26 Å². The molecule has 0 radical (unpaired) electrons. The molecular weight excluding hydrogens is 166 g/mol. The number of ketones is 1. The molecule has 64 valence electrons. The molecule has 0 atom stereocenters. The predicted octanol–water partition coefficient (Wildman–Crippen LogP) is 1.60. The molecule has 0 N–H and O–H groups in total. The second-order valence-electron chi connectivity index (χ2n) is 2.50. The van der Waals surface area contributed by atoms with Gasteiger partial charge in [0.2, 0.25) is 0 Å². The molecule has 0 aromatic heterocycles. The second-order valence-corrected chi connectivity index (χ2v) is 2.50. The molecule has 0 spiro atoms. The first kappa shape index (κ1) is 9.14. The number of hydrogen-bond acceptors (Lipinski definition) is 3. The summed E-state index contributed by atoms with van der Waals surface area (Å²) in [6.07, 6.45) is 0.582. The van der Waals surface area contributed by atoms with Crippen molar-refractivity contribution in [2.24, 2.45) is 0 Å². The fourth-order valence-electron chi connectivity index (χ4n) is 0.921. The number of rotatable bonds is 3. The fraction of sp³-hybridized carbons (Fsp3) is 0.100. The van der Waals surface area contributed by atoms with Crippen molar-refractivity contribution in [2.45, 2.75) is 6.42 Å². The Bertz CT molecular complexity index is 360. The van der Waals surface area contributed by atoms with E-state index in [0.717, 1.165) is 0 Å². The van der Waals surface area contributed by atoms with Crippen molar-refractivity contribution >= 4 is 12.1 Å². The minimum Gasteiger partial charge on any atom is -0.298 e. The lowest BCUT2D eigenvalue weighted by Crippen LogP contribution is -1.96. The molecule has 0 aliphatic rings. The van der Waals surface area contributed by atoms with Gasteiger partial charge in [0.15, 0.2) is 5.78 Å². The van der Waals surface area contributed by atoms with E-state index in [1.165, 1.54) is 0 Å². The molecule has 0 amide bonds. The van der Waals surface area contributed by atoms with Crippen molar-refractivity contribution in [2.75, 3.05) is 0 Å². The summed E-state index contributed by atoms with van der Waals surface area (Å²) in [6.45, 7) is 0. The highest BCUT2D eigenvalue weighted by Crippen LogP contribution is 2.04. The molecule has 0 aliphatic heterocycles. The summed E-state index contributed by atoms with van der Waals surface area (Å²) < 4.78 is 0. The summed E-state index contributed by atoms with van der Waals surface area (Å²) in [4.78, 5) is 21.4. The zero-order valence-electron chi connectivity index (χ0n) is 6.86. The summed E-state index contributed by atoms with van der Waals surface area (Å²) in [5, 5.41) is 8.27. The topological polar surface area (TPSA) is 57.9 Å². The first-order valence-electron chi connectivity index (χ1n) is 3.73. The maximum atomic E-state index is 11.1. The Balaban J connectivity index is 2.87. The monoisotopic (exact) mass is 173 g/mol. The summed E-state index contributed by atoms with van der Waals surface area (Å²) in [5.74, 6) is -0.222. The molecule has 0 heterocycles. The SMILES string of the molecule is N#CCC(=O)c1ccc(C=O)cc1. The smallest absolute Gasteiger partial charge is 0.176 e. The highest BCUT2D eigenvalue weighted by molar-refractivity contribution is 5.97. The molecule has 0 fully saturated rings. The van der Waals surface area contributed by atoms with Crippen molar-refractivity contribution in [3.05, 3.63) is 35.4 Å². The number of benzene rings is 1. The van der Waals surface area contributed by atoms with Gasteiger partial charge in [-0.05, 0) is 0 Å². The van der Waals surface area contributed by atoms with E-state index in [-0.39, 0.29) is 12.2 Å². The van der Waals surface area contributed by atoms with Gasteiger partial charge in [-0.2, -0.15) is 5.26 Å². The van der Waals surface area contributed by atoms with Crippen LogP contribution in [0.5, 0.6) is 0 Å². The van der Waals surface area contributed by atoms with Crippen LogP contribution in [0.1, 0.15) is 27.1 Å². The third kappa shape index (κ3) is 2.24. The van der Waals surface area contributed by atoms with Gasteiger partial charge in [-0.25, -0.2) is 0 Å². The molecule has 0 bridgehead atoms. The van der Waals surface area contributed by atoms with Crippen LogP contribution in [0.3, 0.4) is 0 Å². The van der Waals surface area contributed by atoms with Crippen LogP contribution in [-0.4, -0.2) is 12.1 Å². The largest absolute Gasteiger partial charge is 0.298 e. The Labute approximate surface area is 75.6 Å². The maximum absolute atomic E-state index is 11.1. The highest BCUT2D eigenvalue weighted by atomic mass is 16.1. The normalized spacial score (nSPS) is 8.85. The van der Waals surface area contributed by atoms with Crippen LogP contribution in [0.15, 0.2) is 24.3 Å². The summed E-state index contributed by atoms with van der Waals surface area (Å²) in [7, 11) is 0. The second kappa shape index (κ2) is 4.17. The van der Waals surface area contributed by atoms with Gasteiger partial charge in [-0.3, -0.25) is 9.59 Å². The van der Waals surface area contributed by atoms with Crippen molar-refractivity contribution in [3.63, 3.8) is 0 Å². The van der Waals surface area contributed by atoms with Gasteiger partial charge in [0.1, 0.15) is 6.29 Å². The van der Waals surface area contributed by atoms with Crippen LogP contribution in [0.4, 0.5) is 0 Å². The van der Waals surface area contributed by atoms with E-state index in [9.17, 15) is 9.59 Å². The molecule has 3 nitrogen and oxygen atoms in total. The minimum atomic E-state index is -0.222. The molecule has 0 unspecified atom stereocenters. The standard InChI is InChI=1S/C10H7NO2/c11-6-5-10(13)9-3-1-8(7-12)2-4-9/h1-4,7H,5H2. The fourth-order valence-corrected chi connectivity index (χ4v) is 0.921. The van der Waals surface area contributed by atoms with Gasteiger partial charge in [-0.1, -0.05) is 24.3 Å². The van der Waals surface area contributed by atoms with E-state index < -0.39 is 0 Å². The van der Waals surface area contributed by atoms with E-state index in [1.54, 1.807) is 30.3 Å². The first-order chi connectivity index (χ1) is 6.27. The first-order valence-corrected chi connectivity index (χ1v) is 3.73. The Morgan fingerprint density at radius 2 is 2.00 bits per heavy atom. The van der Waals surface area contributed by atoms with Crippen LogP contribution in [-0.2, 0) is 0 Å². The van der Waals surface area contributed by atoms with Gasteiger partial charge in [-0.15, -0.1) is 0 Å². The van der Waals surface area contributed by atoms with Crippen molar-refractivity contribution in [1.82, 2.24) is 0 Å². The number of Topliss-reactive ketones (excluding diaryl/α,β-unsaturated/α-hetero) is 1. The van der Waals surface area contributed by atoms with Crippen LogP contribution < -0.4 is 0 Å². The van der Waals surface area contributed by atoms with E-state index in [0.29, 0.717) is 17.4 Å². The molecule has 0 saturated heterocycles. The molecule has 1 aromatic carbocycles. The molecular formula is C10H7NO2. The van der Waals surface area contributed by atoms with Crippen LogP contribution in [0, 0.1) is 11.3 Å². The van der Waals surface area contributed by atoms with Crippen LogP contribution in [0.2, 0.25) is 0 Å². The Morgan fingerprint density at radius 1 is 1.38 bits per heavy atom. The van der Waals surface area contributed by atoms with Crippen LogP contribution in [0.25, 0.3) is 0 Å². The van der Waals surface area contributed by atoms with E-state index >= 15 is 0 Å². The number of nitrogens with zero attached hydrogens (tertiary/aromatic N) is 1. The number of hydrogen-bond donors (Lipinski definition) is 0. The molecule has 1 rings (SSSR count). The van der Waals surface area contributed by atoms with Gasteiger partial charge < -0.3 is 0 Å². The van der Waals surface area contributed by atoms with E-state index in [1.807, 2.05) is 0 Å². The van der Waals surface area contributed by atoms with Gasteiger partial charge in [0.25, 0.3) is 0 Å². The molecule has 0 saturated carbocycles. The molecule has 3 heteroatoms. The summed E-state index contributed by atoms with van der Waals surface area (Å²) in [5.41, 5.74) is 0.987. The lowest BCUT2D eigenvalue weighted by molar-refractivity contribution is 0.0997. The van der Waals surface area contributed by atoms with Crippen molar-refractivity contribution < 1.29 is 9.59 Å². The molecule has 13 heavy (non-hydrogen) atoms. The van der Waals surface area contributed by atoms with Crippen molar-refractivity contribution in [1.29, 1.82) is 5.26 Å². The Kier molecular flexibility index (Phi) is 2.93. The number of carbonyl (C=O) groups excluding carboxylic acids is 2. The molecule has 0 aliphatic carbocycles. The molecule has 1 aromatic rings. The average molecular weight is 173 g/mol. The van der Waals surface area contributed by atoms with Crippen LogP contribution >= 0.6 is 0 Å². The predicted molar refractivity (Wildman–Crippen MR) is 46.4 cm³/mol. The quantitative estimate of drug-likeness (QED) is 0.515. The lowest BCUT2D eigenvalue weighted by atomic mass is 10.1. The minimum absolute atomic E-state index is 0.125. The zero-order valence-corrected chi connectivity index (χ0v) is 6.86. The summed E-state index contributed by atoms with van der Waals surface area (Å²) >= 11 is 0. The van der Waals surface area contributed by atoms with Gasteiger partial charge in [0, 0.05) is 11.1 Å². The Morgan fingerprint density at radius 3 is 2.46 bits per heavy atom. The third-order valence-electron chi connectivity index (χ3n) is 1.61. The Hall–Kier alpha value is -1.95. The van der Waals surface area contributed by atoms with Gasteiger partial charge >= 0.3 is 0 Å². The van der Waals surface area contributed by atoms with Crippen molar-refractivity contribution in [3.8, 4) is 6.07 Å².